The molecule has 0 bridgehead atoms. The lowest BCUT2D eigenvalue weighted by Gasteiger charge is -2.36. The van der Waals surface area contributed by atoms with Crippen molar-refractivity contribution in [2.75, 3.05) is 33.4 Å². The van der Waals surface area contributed by atoms with Gasteiger partial charge in [-0.2, -0.15) is 0 Å². The smallest absolute Gasteiger partial charge is 0.285 e. The third-order valence-corrected chi connectivity index (χ3v) is 5.86. The molecule has 6 heteroatoms. The number of aryl methyl sites for hydroxylation is 1. The summed E-state index contributed by atoms with van der Waals surface area (Å²) in [5, 5.41) is 12.6. The predicted octanol–water partition coefficient (Wildman–Crippen LogP) is 2.10. The zero-order valence-electron chi connectivity index (χ0n) is 15.3. The molecule has 140 valence electrons. The quantitative estimate of drug-likeness (QED) is 0.460. The first-order valence-electron chi connectivity index (χ1n) is 9.53. The van der Waals surface area contributed by atoms with Crippen molar-refractivity contribution in [1.29, 1.82) is 0 Å². The Hall–Kier alpha value is -1.89. The molecule has 0 spiro atoms. The minimum atomic E-state index is -0.346. The van der Waals surface area contributed by atoms with Crippen molar-refractivity contribution in [3.8, 4) is 5.75 Å². The molecule has 4 rings (SSSR count). The second-order valence-electron chi connectivity index (χ2n) is 7.67. The van der Waals surface area contributed by atoms with E-state index in [0.29, 0.717) is 19.8 Å². The zero-order valence-corrected chi connectivity index (χ0v) is 15.3. The highest BCUT2D eigenvalue weighted by Crippen LogP contribution is 2.33. The second-order valence-corrected chi connectivity index (χ2v) is 7.67. The van der Waals surface area contributed by atoms with E-state index in [-0.39, 0.29) is 22.8 Å². The Kier molecular flexibility index (Phi) is 4.73. The predicted molar refractivity (Wildman–Crippen MR) is 99.0 cm³/mol. The van der Waals surface area contributed by atoms with E-state index in [1.54, 1.807) is 4.90 Å². The summed E-state index contributed by atoms with van der Waals surface area (Å²) in [7, 11) is 2.05. The van der Waals surface area contributed by atoms with Crippen molar-refractivity contribution in [1.82, 2.24) is 9.80 Å². The molecule has 3 heterocycles. The van der Waals surface area contributed by atoms with E-state index in [1.165, 1.54) is 5.56 Å². The molecule has 6 nitrogen and oxygen atoms in total. The van der Waals surface area contributed by atoms with E-state index in [1.807, 2.05) is 24.3 Å². The third kappa shape index (κ3) is 3.24. The highest BCUT2D eigenvalue weighted by Gasteiger charge is 2.49. The standard InChI is InChI=1S/C20H27N3O3/c1-21(19-11-10-16-7-2-3-9-18(16)26-19)12-4-5-13-22-15-23(25)14-6-8-17(23)20(22)24/h2-5,7,9,17,19H,6,8,10-15H2,1H3/b5-4-. The van der Waals surface area contributed by atoms with E-state index < -0.39 is 0 Å². The van der Waals surface area contributed by atoms with Gasteiger partial charge in [0.2, 0.25) is 0 Å². The van der Waals surface area contributed by atoms with Crippen LogP contribution in [0.3, 0.4) is 0 Å². The van der Waals surface area contributed by atoms with E-state index in [9.17, 15) is 10.0 Å². The molecule has 2 saturated heterocycles. The fourth-order valence-electron chi connectivity index (χ4n) is 4.33. The maximum Gasteiger partial charge on any atom is 0.285 e. The molecule has 3 unspecified atom stereocenters. The van der Waals surface area contributed by atoms with E-state index >= 15 is 0 Å². The van der Waals surface area contributed by atoms with Gasteiger partial charge in [-0.1, -0.05) is 30.4 Å². The number of ether oxygens (including phenoxy) is 1. The molecular weight excluding hydrogens is 330 g/mol. The number of hydrogen-bond donors (Lipinski definition) is 0. The summed E-state index contributed by atoms with van der Waals surface area (Å²) in [6.45, 7) is 2.18. The number of nitrogens with zero attached hydrogens (tertiary/aromatic N) is 3. The van der Waals surface area contributed by atoms with E-state index in [4.69, 9.17) is 4.74 Å². The molecule has 2 fully saturated rings. The number of hydrogen-bond acceptors (Lipinski definition) is 4. The molecule has 3 atom stereocenters. The lowest BCUT2D eigenvalue weighted by molar-refractivity contribution is -0.880. The highest BCUT2D eigenvalue weighted by atomic mass is 16.6. The number of benzene rings is 1. The van der Waals surface area contributed by atoms with Crippen molar-refractivity contribution in [3.05, 3.63) is 47.2 Å². The van der Waals surface area contributed by atoms with Crippen LogP contribution >= 0.6 is 0 Å². The average Bonchev–Trinajstić information content (AvgIpc) is 3.14. The average molecular weight is 357 g/mol. The first-order chi connectivity index (χ1) is 12.6. The minimum absolute atomic E-state index is 0.0303. The van der Waals surface area contributed by atoms with Crippen LogP contribution in [0.1, 0.15) is 24.8 Å². The molecule has 0 aliphatic carbocycles. The lowest BCUT2D eigenvalue weighted by atomic mass is 10.0. The number of likely N-dealkylation sites (N-methyl/N-ethyl adjacent to an activating group) is 1. The Morgan fingerprint density at radius 1 is 1.35 bits per heavy atom. The van der Waals surface area contributed by atoms with Crippen LogP contribution in [-0.4, -0.2) is 66.0 Å². The topological polar surface area (TPSA) is 55.8 Å². The second kappa shape index (κ2) is 7.02. The Morgan fingerprint density at radius 3 is 3.04 bits per heavy atom. The summed E-state index contributed by atoms with van der Waals surface area (Å²) in [6, 6.07) is 7.85. The van der Waals surface area contributed by atoms with Crippen molar-refractivity contribution in [2.24, 2.45) is 0 Å². The summed E-state index contributed by atoms with van der Waals surface area (Å²) < 4.78 is 5.76. The number of hydroxylamine groups is 3. The van der Waals surface area contributed by atoms with Gasteiger partial charge in [-0.3, -0.25) is 14.6 Å². The van der Waals surface area contributed by atoms with Crippen LogP contribution in [0.25, 0.3) is 0 Å². The molecule has 0 radical (unpaired) electrons. The van der Waals surface area contributed by atoms with Gasteiger partial charge in [-0.15, -0.1) is 0 Å². The summed E-state index contributed by atoms with van der Waals surface area (Å²) in [4.78, 5) is 16.2. The van der Waals surface area contributed by atoms with Crippen LogP contribution in [0.5, 0.6) is 5.75 Å². The number of carbonyl (C=O) groups excluding carboxylic acids is 1. The van der Waals surface area contributed by atoms with Gasteiger partial charge in [-0.25, -0.2) is 0 Å². The van der Waals surface area contributed by atoms with Crippen LogP contribution in [0, 0.1) is 5.21 Å². The number of rotatable bonds is 5. The van der Waals surface area contributed by atoms with Crippen molar-refractivity contribution in [3.63, 3.8) is 0 Å². The molecule has 3 aliphatic rings. The van der Waals surface area contributed by atoms with Crippen molar-refractivity contribution >= 4 is 5.91 Å². The van der Waals surface area contributed by atoms with E-state index in [2.05, 4.69) is 24.1 Å². The molecule has 0 N–H and O–H groups in total. The summed E-state index contributed by atoms with van der Waals surface area (Å²) in [5.74, 6) is 1.01. The molecular formula is C20H27N3O3. The number of carbonyl (C=O) groups is 1. The molecule has 26 heavy (non-hydrogen) atoms. The number of quaternary nitrogens is 1. The maximum absolute atomic E-state index is 12.6. The zero-order chi connectivity index (χ0) is 18.1. The molecule has 1 aromatic carbocycles. The Labute approximate surface area is 154 Å². The monoisotopic (exact) mass is 357 g/mol. The fraction of sp³-hybridized carbons (Fsp3) is 0.550. The number of para-hydroxylation sites is 1. The molecule has 1 amide bonds. The number of fused-ring (bicyclic) bond motifs is 2. The minimum Gasteiger partial charge on any atom is -0.631 e. The number of amides is 1. The van der Waals surface area contributed by atoms with Gasteiger partial charge < -0.3 is 14.6 Å². The van der Waals surface area contributed by atoms with Gasteiger partial charge in [-0.05, 0) is 25.1 Å². The van der Waals surface area contributed by atoms with Gasteiger partial charge in [0.1, 0.15) is 5.75 Å². The van der Waals surface area contributed by atoms with Gasteiger partial charge in [0.15, 0.2) is 18.9 Å². The Bertz CT molecular complexity index is 707. The van der Waals surface area contributed by atoms with Crippen LogP contribution in [0.15, 0.2) is 36.4 Å². The maximum atomic E-state index is 12.6. The first-order valence-corrected chi connectivity index (χ1v) is 9.53. The summed E-state index contributed by atoms with van der Waals surface area (Å²) in [6.07, 6.45) is 7.76. The van der Waals surface area contributed by atoms with Crippen LogP contribution < -0.4 is 4.74 Å². The third-order valence-electron chi connectivity index (χ3n) is 5.86. The van der Waals surface area contributed by atoms with Gasteiger partial charge in [0.25, 0.3) is 5.91 Å². The molecule has 3 aliphatic heterocycles. The fourth-order valence-corrected chi connectivity index (χ4v) is 4.33. The Morgan fingerprint density at radius 2 is 2.19 bits per heavy atom. The first kappa shape index (κ1) is 17.5. The van der Waals surface area contributed by atoms with Crippen molar-refractivity contribution < 1.29 is 14.2 Å². The molecule has 0 saturated carbocycles. The highest BCUT2D eigenvalue weighted by molar-refractivity contribution is 5.82. The largest absolute Gasteiger partial charge is 0.631 e. The van der Waals surface area contributed by atoms with Crippen molar-refractivity contribution in [2.45, 2.75) is 38.0 Å². The Balaban J connectivity index is 1.26. The van der Waals surface area contributed by atoms with E-state index in [0.717, 1.165) is 38.0 Å². The SMILES string of the molecule is CN(C/C=C\CN1C[N+]2([O-])CCCC2C1=O)C1CCc2ccccc2O1. The normalized spacial score (nSPS) is 30.7. The van der Waals surface area contributed by atoms with Crippen LogP contribution in [-0.2, 0) is 11.2 Å². The molecule has 0 aromatic heterocycles. The van der Waals surface area contributed by atoms with Gasteiger partial charge in [0.05, 0.1) is 6.54 Å². The summed E-state index contributed by atoms with van der Waals surface area (Å²) >= 11 is 0. The summed E-state index contributed by atoms with van der Waals surface area (Å²) in [5.41, 5.74) is 1.27. The molecule has 1 aromatic rings. The van der Waals surface area contributed by atoms with Gasteiger partial charge >= 0.3 is 0 Å². The lowest BCUT2D eigenvalue weighted by Crippen LogP contribution is -2.43. The van der Waals surface area contributed by atoms with Crippen LogP contribution in [0.4, 0.5) is 0 Å². The van der Waals surface area contributed by atoms with Gasteiger partial charge in [0, 0.05) is 32.4 Å². The van der Waals surface area contributed by atoms with Crippen LogP contribution in [0.2, 0.25) is 0 Å².